The van der Waals surface area contributed by atoms with Crippen LogP contribution in [0.2, 0.25) is 0 Å². The maximum absolute atomic E-state index is 5.55. The van der Waals surface area contributed by atoms with E-state index in [1.165, 1.54) is 0 Å². The minimum absolute atomic E-state index is 0.698. The first-order valence-corrected chi connectivity index (χ1v) is 3.72. The van der Waals surface area contributed by atoms with Crippen LogP contribution >= 0.6 is 0 Å². The Labute approximate surface area is 70.9 Å². The topological polar surface area (TPSA) is 45.4 Å². The van der Waals surface area contributed by atoms with Gasteiger partial charge in [-0.25, -0.2) is 5.84 Å². The van der Waals surface area contributed by atoms with Gasteiger partial charge in [0.15, 0.2) is 0 Å². The third kappa shape index (κ3) is 1.24. The molecule has 1 aliphatic rings. The van der Waals surface area contributed by atoms with E-state index in [0.717, 1.165) is 5.69 Å². The van der Waals surface area contributed by atoms with E-state index in [2.05, 4.69) is 4.98 Å². The van der Waals surface area contributed by atoms with Gasteiger partial charge >= 0.3 is 0 Å². The highest BCUT2D eigenvalue weighted by Gasteiger charge is 2.09. The Kier molecular flexibility index (Phi) is 1.68. The number of rotatable bonds is 1. The van der Waals surface area contributed by atoms with Gasteiger partial charge in [-0.1, -0.05) is 0 Å². The lowest BCUT2D eigenvalue weighted by Gasteiger charge is -2.17. The van der Waals surface area contributed by atoms with Crippen LogP contribution in [0.25, 0.3) is 0 Å². The summed E-state index contributed by atoms with van der Waals surface area (Å²) >= 11 is 0. The van der Waals surface area contributed by atoms with Crippen molar-refractivity contribution in [3.05, 3.63) is 36.9 Å². The number of pyridine rings is 1. The number of nitrogens with zero attached hydrogens (tertiary/aromatic N) is 3. The summed E-state index contributed by atoms with van der Waals surface area (Å²) in [5, 5.41) is 1.63. The van der Waals surface area contributed by atoms with Crippen molar-refractivity contribution < 1.29 is 0 Å². The molecule has 0 saturated carbocycles. The molecule has 1 aliphatic heterocycles. The molecule has 0 fully saturated rings. The normalized spacial score (nSPS) is 15.8. The molecule has 0 unspecified atom stereocenters. The largest absolute Gasteiger partial charge is 0.327 e. The molecule has 1 aromatic heterocycles. The molecule has 0 spiro atoms. The Hall–Kier alpha value is -1.55. The first kappa shape index (κ1) is 7.12. The second kappa shape index (κ2) is 2.83. The zero-order valence-electron chi connectivity index (χ0n) is 6.59. The zero-order valence-corrected chi connectivity index (χ0v) is 6.59. The average Bonchev–Trinajstić information content (AvgIpc) is 2.54. The summed E-state index contributed by atoms with van der Waals surface area (Å²) in [7, 11) is 0. The number of anilines is 1. The average molecular weight is 162 g/mol. The predicted octanol–water partition coefficient (Wildman–Crippen LogP) is 0.506. The molecule has 2 rings (SSSR count). The van der Waals surface area contributed by atoms with Crippen LogP contribution in [0.15, 0.2) is 36.9 Å². The molecule has 1 aromatic rings. The lowest BCUT2D eigenvalue weighted by Crippen LogP contribution is -2.29. The van der Waals surface area contributed by atoms with E-state index in [4.69, 9.17) is 5.84 Å². The number of hydrogen-bond acceptors (Lipinski definition) is 4. The van der Waals surface area contributed by atoms with Crippen LogP contribution in [0.1, 0.15) is 0 Å². The van der Waals surface area contributed by atoms with E-state index >= 15 is 0 Å². The molecule has 2 N–H and O–H groups in total. The van der Waals surface area contributed by atoms with Crippen molar-refractivity contribution in [3.63, 3.8) is 0 Å². The standard InChI is InChI=1S/C8H10N4/c9-12-6-5-11(7-12)8-1-3-10-4-2-8/h1-6H,7,9H2. The number of aromatic nitrogens is 1. The minimum atomic E-state index is 0.698. The molecule has 0 radical (unpaired) electrons. The van der Waals surface area contributed by atoms with Gasteiger partial charge in [0.2, 0.25) is 0 Å². The van der Waals surface area contributed by atoms with Gasteiger partial charge < -0.3 is 4.90 Å². The fourth-order valence-electron chi connectivity index (χ4n) is 1.14. The van der Waals surface area contributed by atoms with Crippen LogP contribution in [0.3, 0.4) is 0 Å². The molecule has 0 amide bonds. The summed E-state index contributed by atoms with van der Waals surface area (Å²) < 4.78 is 0. The molecular weight excluding hydrogens is 152 g/mol. The smallest absolute Gasteiger partial charge is 0.109 e. The summed E-state index contributed by atoms with van der Waals surface area (Å²) in [5.41, 5.74) is 1.11. The number of hydrogen-bond donors (Lipinski definition) is 1. The minimum Gasteiger partial charge on any atom is -0.327 e. The zero-order chi connectivity index (χ0) is 8.39. The monoisotopic (exact) mass is 162 g/mol. The van der Waals surface area contributed by atoms with Crippen LogP contribution in [-0.2, 0) is 0 Å². The molecule has 0 saturated heterocycles. The maximum atomic E-state index is 5.55. The number of hydrazine groups is 1. The van der Waals surface area contributed by atoms with Crippen molar-refractivity contribution in [3.8, 4) is 0 Å². The molecule has 12 heavy (non-hydrogen) atoms. The van der Waals surface area contributed by atoms with Crippen LogP contribution in [0.4, 0.5) is 5.69 Å². The van der Waals surface area contributed by atoms with Gasteiger partial charge in [-0.2, -0.15) is 0 Å². The third-order valence-corrected chi connectivity index (χ3v) is 1.75. The summed E-state index contributed by atoms with van der Waals surface area (Å²) in [5.74, 6) is 5.55. The van der Waals surface area contributed by atoms with Gasteiger partial charge in [0.05, 0.1) is 0 Å². The van der Waals surface area contributed by atoms with Gasteiger partial charge in [0.25, 0.3) is 0 Å². The van der Waals surface area contributed by atoms with Crippen molar-refractivity contribution in [2.75, 3.05) is 11.6 Å². The second-order valence-corrected chi connectivity index (χ2v) is 2.63. The third-order valence-electron chi connectivity index (χ3n) is 1.75. The highest BCUT2D eigenvalue weighted by atomic mass is 15.5. The Balaban J connectivity index is 2.18. The Morgan fingerprint density at radius 3 is 2.58 bits per heavy atom. The second-order valence-electron chi connectivity index (χ2n) is 2.63. The van der Waals surface area contributed by atoms with E-state index in [1.807, 2.05) is 29.4 Å². The van der Waals surface area contributed by atoms with Gasteiger partial charge in [-0.15, -0.1) is 0 Å². The molecular formula is C8H10N4. The molecule has 4 nitrogen and oxygen atoms in total. The maximum Gasteiger partial charge on any atom is 0.109 e. The van der Waals surface area contributed by atoms with Gasteiger partial charge in [-0.05, 0) is 12.1 Å². The molecule has 4 heteroatoms. The summed E-state index contributed by atoms with van der Waals surface area (Å²) in [6.07, 6.45) is 7.31. The predicted molar refractivity (Wildman–Crippen MR) is 46.7 cm³/mol. The van der Waals surface area contributed by atoms with Crippen LogP contribution in [-0.4, -0.2) is 16.7 Å². The molecule has 0 bridgehead atoms. The van der Waals surface area contributed by atoms with Crippen LogP contribution in [0, 0.1) is 0 Å². The molecule has 0 aliphatic carbocycles. The highest BCUT2D eigenvalue weighted by molar-refractivity contribution is 5.48. The quantitative estimate of drug-likeness (QED) is 0.611. The lowest BCUT2D eigenvalue weighted by molar-refractivity contribution is 0.428. The SMILES string of the molecule is NN1C=CN(c2ccncc2)C1. The lowest BCUT2D eigenvalue weighted by atomic mass is 10.4. The summed E-state index contributed by atoms with van der Waals surface area (Å²) in [4.78, 5) is 5.98. The van der Waals surface area contributed by atoms with Gasteiger partial charge in [0, 0.05) is 30.5 Å². The molecule has 0 atom stereocenters. The highest BCUT2D eigenvalue weighted by Crippen LogP contribution is 2.15. The van der Waals surface area contributed by atoms with Crippen molar-refractivity contribution in [2.24, 2.45) is 5.84 Å². The van der Waals surface area contributed by atoms with E-state index in [0.29, 0.717) is 6.67 Å². The fourth-order valence-corrected chi connectivity index (χ4v) is 1.14. The molecule has 2 heterocycles. The molecule has 0 aromatic carbocycles. The first-order chi connectivity index (χ1) is 5.86. The van der Waals surface area contributed by atoms with Crippen molar-refractivity contribution in [1.29, 1.82) is 0 Å². The van der Waals surface area contributed by atoms with Crippen molar-refractivity contribution in [1.82, 2.24) is 9.99 Å². The van der Waals surface area contributed by atoms with Crippen LogP contribution in [0.5, 0.6) is 0 Å². The Morgan fingerprint density at radius 1 is 1.25 bits per heavy atom. The van der Waals surface area contributed by atoms with E-state index < -0.39 is 0 Å². The van der Waals surface area contributed by atoms with Crippen molar-refractivity contribution in [2.45, 2.75) is 0 Å². The summed E-state index contributed by atoms with van der Waals surface area (Å²) in [6, 6.07) is 3.90. The van der Waals surface area contributed by atoms with Crippen LogP contribution < -0.4 is 10.7 Å². The molecule has 62 valence electrons. The van der Waals surface area contributed by atoms with E-state index in [9.17, 15) is 0 Å². The van der Waals surface area contributed by atoms with Gasteiger partial charge in [0.1, 0.15) is 6.67 Å². The van der Waals surface area contributed by atoms with Gasteiger partial charge in [-0.3, -0.25) is 9.99 Å². The van der Waals surface area contributed by atoms with E-state index in [1.54, 1.807) is 17.4 Å². The Bertz CT molecular complexity index is 282. The van der Waals surface area contributed by atoms with E-state index in [-0.39, 0.29) is 0 Å². The first-order valence-electron chi connectivity index (χ1n) is 3.72. The summed E-state index contributed by atoms with van der Waals surface area (Å²) in [6.45, 7) is 0.698. The fraction of sp³-hybridized carbons (Fsp3) is 0.125. The Morgan fingerprint density at radius 2 is 2.00 bits per heavy atom. The number of nitrogens with two attached hydrogens (primary N) is 1. The van der Waals surface area contributed by atoms with Crippen molar-refractivity contribution >= 4 is 5.69 Å².